The molecule has 2 rings (SSSR count). The fraction of sp³-hybridized carbons (Fsp3) is 0.588. The van der Waals surface area contributed by atoms with E-state index in [9.17, 15) is 9.59 Å². The number of anilines is 1. The van der Waals surface area contributed by atoms with E-state index in [1.807, 2.05) is 18.7 Å². The summed E-state index contributed by atoms with van der Waals surface area (Å²) in [6, 6.07) is 1.38. The zero-order valence-electron chi connectivity index (χ0n) is 15.4. The third-order valence-electron chi connectivity index (χ3n) is 3.88. The number of nitrogens with zero attached hydrogens (tertiary/aromatic N) is 3. The van der Waals surface area contributed by atoms with Gasteiger partial charge in [-0.15, -0.1) is 0 Å². The lowest BCUT2D eigenvalue weighted by Crippen LogP contribution is -2.54. The molecular weight excluding hydrogens is 362 g/mol. The van der Waals surface area contributed by atoms with Crippen LogP contribution in [0.4, 0.5) is 5.82 Å². The van der Waals surface area contributed by atoms with E-state index in [0.717, 1.165) is 0 Å². The van der Waals surface area contributed by atoms with E-state index in [4.69, 9.17) is 26.2 Å². The highest BCUT2D eigenvalue weighted by molar-refractivity contribution is 6.33. The average Bonchev–Trinajstić information content (AvgIpc) is 2.52. The average molecular weight is 386 g/mol. The number of carbonyl (C=O) groups excluding carboxylic acids is 1. The molecule has 0 radical (unpaired) electrons. The second-order valence-electron chi connectivity index (χ2n) is 7.02. The van der Waals surface area contributed by atoms with E-state index in [1.165, 1.54) is 17.2 Å². The van der Waals surface area contributed by atoms with Gasteiger partial charge in [0.05, 0.1) is 28.9 Å². The quantitative estimate of drug-likeness (QED) is 0.793. The maximum atomic E-state index is 11.6. The van der Waals surface area contributed by atoms with Gasteiger partial charge in [-0.2, -0.15) is 0 Å². The Morgan fingerprint density at radius 1 is 1.50 bits per heavy atom. The molecule has 1 aliphatic heterocycles. The van der Waals surface area contributed by atoms with Crippen LogP contribution < -0.4 is 4.90 Å². The van der Waals surface area contributed by atoms with Gasteiger partial charge in [-0.3, -0.25) is 4.79 Å². The first-order chi connectivity index (χ1) is 12.1. The molecule has 144 valence electrons. The number of halogens is 1. The van der Waals surface area contributed by atoms with E-state index >= 15 is 0 Å². The fourth-order valence-electron chi connectivity index (χ4n) is 2.73. The van der Waals surface area contributed by atoms with Gasteiger partial charge in [-0.25, -0.2) is 9.78 Å². The number of pyridine rings is 1. The normalized spacial score (nSPS) is 19.3. The molecule has 1 aromatic heterocycles. The number of ether oxygens (including phenoxy) is 2. The zero-order chi connectivity index (χ0) is 19.5. The number of aromatic nitrogens is 1. The van der Waals surface area contributed by atoms with Crippen molar-refractivity contribution in [1.82, 2.24) is 9.88 Å². The smallest absolute Gasteiger partial charge is 0.337 e. The van der Waals surface area contributed by atoms with Gasteiger partial charge in [-0.05, 0) is 19.9 Å². The second kappa shape index (κ2) is 8.20. The molecule has 1 amide bonds. The summed E-state index contributed by atoms with van der Waals surface area (Å²) in [4.78, 5) is 30.3. The Bertz CT molecular complexity index is 680. The molecule has 0 saturated carbocycles. The van der Waals surface area contributed by atoms with E-state index in [0.29, 0.717) is 18.9 Å². The van der Waals surface area contributed by atoms with Crippen LogP contribution in [0.3, 0.4) is 0 Å². The number of likely N-dealkylation sites (N-methyl/N-ethyl adjacent to an activating group) is 1. The Morgan fingerprint density at radius 2 is 2.19 bits per heavy atom. The van der Waals surface area contributed by atoms with Gasteiger partial charge >= 0.3 is 5.97 Å². The third kappa shape index (κ3) is 5.30. The Hall–Kier alpha value is -1.90. The van der Waals surface area contributed by atoms with Crippen molar-refractivity contribution in [3.8, 4) is 0 Å². The van der Waals surface area contributed by atoms with Crippen molar-refractivity contribution in [3.05, 3.63) is 22.8 Å². The molecule has 0 aliphatic carbocycles. The van der Waals surface area contributed by atoms with Crippen molar-refractivity contribution in [2.75, 3.05) is 45.3 Å². The summed E-state index contributed by atoms with van der Waals surface area (Å²) >= 11 is 6.24. The Labute approximate surface area is 157 Å². The van der Waals surface area contributed by atoms with Crippen LogP contribution in [0.25, 0.3) is 0 Å². The van der Waals surface area contributed by atoms with E-state index in [1.54, 1.807) is 14.1 Å². The van der Waals surface area contributed by atoms with Gasteiger partial charge in [0.15, 0.2) is 0 Å². The number of carbonyl (C=O) groups is 2. The van der Waals surface area contributed by atoms with Gasteiger partial charge in [0.25, 0.3) is 0 Å². The number of hydrogen-bond acceptors (Lipinski definition) is 6. The van der Waals surface area contributed by atoms with Crippen LogP contribution in [0.1, 0.15) is 24.2 Å². The van der Waals surface area contributed by atoms with Crippen molar-refractivity contribution in [2.24, 2.45) is 0 Å². The minimum Gasteiger partial charge on any atom is -0.478 e. The van der Waals surface area contributed by atoms with Crippen LogP contribution in [0.2, 0.25) is 5.02 Å². The van der Waals surface area contributed by atoms with Crippen LogP contribution in [0, 0.1) is 0 Å². The molecular formula is C17H24ClN3O5. The number of morpholine rings is 1. The van der Waals surface area contributed by atoms with Gasteiger partial charge in [-0.1, -0.05) is 11.6 Å². The molecule has 26 heavy (non-hydrogen) atoms. The second-order valence-corrected chi connectivity index (χ2v) is 7.43. The molecule has 1 fully saturated rings. The van der Waals surface area contributed by atoms with Crippen LogP contribution in [-0.2, 0) is 14.3 Å². The Morgan fingerprint density at radius 3 is 2.77 bits per heavy atom. The fourth-order valence-corrected chi connectivity index (χ4v) is 3.02. The van der Waals surface area contributed by atoms with Gasteiger partial charge in [0.2, 0.25) is 5.91 Å². The lowest BCUT2D eigenvalue weighted by atomic mass is 10.1. The summed E-state index contributed by atoms with van der Waals surface area (Å²) in [5, 5.41) is 9.31. The zero-order valence-corrected chi connectivity index (χ0v) is 16.1. The summed E-state index contributed by atoms with van der Waals surface area (Å²) in [7, 11) is 3.34. The van der Waals surface area contributed by atoms with Gasteiger partial charge in [0, 0.05) is 33.4 Å². The topological polar surface area (TPSA) is 92.2 Å². The summed E-state index contributed by atoms with van der Waals surface area (Å²) in [6.07, 6.45) is 1.01. The van der Waals surface area contributed by atoms with E-state index < -0.39 is 11.6 Å². The Kier molecular flexibility index (Phi) is 6.44. The highest BCUT2D eigenvalue weighted by atomic mass is 35.5. The first-order valence-corrected chi connectivity index (χ1v) is 8.56. The van der Waals surface area contributed by atoms with Crippen molar-refractivity contribution in [3.63, 3.8) is 0 Å². The SMILES string of the molecule is CN(C)C(=O)COCC1CN(c2ncc(C(=O)O)cc2Cl)CC(C)(C)O1. The molecule has 2 heterocycles. The lowest BCUT2D eigenvalue weighted by molar-refractivity contribution is -0.139. The maximum Gasteiger partial charge on any atom is 0.337 e. The van der Waals surface area contributed by atoms with Crippen LogP contribution in [0.15, 0.2) is 12.3 Å². The van der Waals surface area contributed by atoms with E-state index in [-0.39, 0.29) is 35.8 Å². The Balaban J connectivity index is 2.07. The number of hydrogen-bond donors (Lipinski definition) is 1. The minimum atomic E-state index is -1.08. The summed E-state index contributed by atoms with van der Waals surface area (Å²) in [5.74, 6) is -0.696. The molecule has 0 aromatic carbocycles. The molecule has 1 aromatic rings. The van der Waals surface area contributed by atoms with Crippen molar-refractivity contribution in [2.45, 2.75) is 25.6 Å². The molecule has 9 heteroatoms. The summed E-state index contributed by atoms with van der Waals surface area (Å²) in [5.41, 5.74) is -0.442. The molecule has 1 aliphatic rings. The van der Waals surface area contributed by atoms with Gasteiger partial charge < -0.3 is 24.4 Å². The maximum absolute atomic E-state index is 11.6. The number of carboxylic acid groups (broad SMARTS) is 1. The lowest BCUT2D eigenvalue weighted by Gasteiger charge is -2.43. The molecule has 1 unspecified atom stereocenters. The number of amides is 1. The third-order valence-corrected chi connectivity index (χ3v) is 4.16. The standard InChI is InChI=1S/C17H24ClN3O5/c1-17(2)10-21(15-13(18)5-11(6-19-15)16(23)24)7-12(26-17)8-25-9-14(22)20(3)4/h5-6,12H,7-10H2,1-4H3,(H,23,24). The minimum absolute atomic E-state index is 0.0143. The number of aromatic carboxylic acids is 1. The van der Waals surface area contributed by atoms with Crippen LogP contribution in [-0.4, -0.2) is 79.0 Å². The molecule has 1 N–H and O–H groups in total. The highest BCUT2D eigenvalue weighted by Gasteiger charge is 2.35. The van der Waals surface area contributed by atoms with Crippen molar-refractivity contribution < 1.29 is 24.2 Å². The molecule has 1 saturated heterocycles. The van der Waals surface area contributed by atoms with E-state index in [2.05, 4.69) is 4.98 Å². The largest absolute Gasteiger partial charge is 0.478 e. The predicted octanol–water partition coefficient (Wildman–Crippen LogP) is 1.52. The van der Waals surface area contributed by atoms with Crippen molar-refractivity contribution in [1.29, 1.82) is 0 Å². The van der Waals surface area contributed by atoms with Gasteiger partial charge in [0.1, 0.15) is 12.4 Å². The molecule has 1 atom stereocenters. The highest BCUT2D eigenvalue weighted by Crippen LogP contribution is 2.30. The first-order valence-electron chi connectivity index (χ1n) is 8.18. The monoisotopic (exact) mass is 385 g/mol. The summed E-state index contributed by atoms with van der Waals surface area (Å²) in [6.45, 7) is 5.13. The van der Waals surface area contributed by atoms with Crippen LogP contribution >= 0.6 is 11.6 Å². The number of rotatable bonds is 6. The molecule has 0 spiro atoms. The molecule has 8 nitrogen and oxygen atoms in total. The number of carboxylic acids is 1. The molecule has 0 bridgehead atoms. The predicted molar refractivity (Wildman–Crippen MR) is 96.9 cm³/mol. The first kappa shape index (κ1) is 20.4. The summed E-state index contributed by atoms with van der Waals surface area (Å²) < 4.78 is 11.5. The van der Waals surface area contributed by atoms with Crippen molar-refractivity contribution >= 4 is 29.3 Å². The van der Waals surface area contributed by atoms with Crippen LogP contribution in [0.5, 0.6) is 0 Å².